The van der Waals surface area contributed by atoms with Gasteiger partial charge in [-0.15, -0.1) is 0 Å². The summed E-state index contributed by atoms with van der Waals surface area (Å²) < 4.78 is 2.25. The highest BCUT2D eigenvalue weighted by atomic mass is 16.4. The summed E-state index contributed by atoms with van der Waals surface area (Å²) in [6.07, 6.45) is 2.52. The van der Waals surface area contributed by atoms with Crippen LogP contribution in [0.2, 0.25) is 0 Å². The summed E-state index contributed by atoms with van der Waals surface area (Å²) in [7, 11) is 0. The zero-order valence-corrected chi connectivity index (χ0v) is 14.1. The first-order valence-electron chi connectivity index (χ1n) is 8.69. The Kier molecular flexibility index (Phi) is 4.24. The molecule has 2 aromatic carbocycles. The van der Waals surface area contributed by atoms with Crippen molar-refractivity contribution >= 4 is 17.0 Å². The van der Waals surface area contributed by atoms with Crippen LogP contribution in [0.4, 0.5) is 0 Å². The standard InChI is InChI=1S/C20H21N3O2/c24-20(25)16-9-7-15(8-10-16)13-23-18-6-2-1-5-17(18)21-19(23)14-22-11-3-4-12-22/h1-2,5-10H,3-4,11-14H2,(H,24,25). The van der Waals surface area contributed by atoms with Crippen LogP contribution in [0.5, 0.6) is 0 Å². The average molecular weight is 335 g/mol. The quantitative estimate of drug-likeness (QED) is 0.776. The van der Waals surface area contributed by atoms with Crippen LogP contribution >= 0.6 is 0 Å². The lowest BCUT2D eigenvalue weighted by Gasteiger charge is -2.16. The summed E-state index contributed by atoms with van der Waals surface area (Å²) in [6, 6.07) is 15.3. The fourth-order valence-corrected chi connectivity index (χ4v) is 3.50. The zero-order chi connectivity index (χ0) is 17.2. The molecule has 25 heavy (non-hydrogen) atoms. The predicted molar refractivity (Wildman–Crippen MR) is 96.7 cm³/mol. The van der Waals surface area contributed by atoms with Gasteiger partial charge in [-0.2, -0.15) is 0 Å². The highest BCUT2D eigenvalue weighted by Crippen LogP contribution is 2.21. The lowest BCUT2D eigenvalue weighted by molar-refractivity contribution is 0.0697. The number of para-hydroxylation sites is 2. The van der Waals surface area contributed by atoms with Gasteiger partial charge in [-0.1, -0.05) is 24.3 Å². The largest absolute Gasteiger partial charge is 0.478 e. The van der Waals surface area contributed by atoms with E-state index in [1.54, 1.807) is 12.1 Å². The van der Waals surface area contributed by atoms with Gasteiger partial charge in [-0.3, -0.25) is 4.90 Å². The Morgan fingerprint density at radius 1 is 1.00 bits per heavy atom. The smallest absolute Gasteiger partial charge is 0.335 e. The molecule has 0 bridgehead atoms. The maximum Gasteiger partial charge on any atom is 0.335 e. The number of benzene rings is 2. The summed E-state index contributed by atoms with van der Waals surface area (Å²) in [4.78, 5) is 18.3. The second-order valence-electron chi connectivity index (χ2n) is 6.59. The van der Waals surface area contributed by atoms with Crippen molar-refractivity contribution in [2.45, 2.75) is 25.9 Å². The molecule has 1 fully saturated rings. The van der Waals surface area contributed by atoms with Crippen molar-refractivity contribution in [3.63, 3.8) is 0 Å². The maximum atomic E-state index is 11.0. The number of imidazole rings is 1. The summed E-state index contributed by atoms with van der Waals surface area (Å²) in [6.45, 7) is 3.83. The average Bonchev–Trinajstić information content (AvgIpc) is 3.24. The van der Waals surface area contributed by atoms with E-state index < -0.39 is 5.97 Å². The summed E-state index contributed by atoms with van der Waals surface area (Å²) in [5, 5.41) is 9.06. The third-order valence-electron chi connectivity index (χ3n) is 4.84. The Hall–Kier alpha value is -2.66. The number of aromatic carboxylic acids is 1. The summed E-state index contributed by atoms with van der Waals surface area (Å²) >= 11 is 0. The van der Waals surface area contributed by atoms with Gasteiger partial charge in [0, 0.05) is 6.54 Å². The number of nitrogens with zero attached hydrogens (tertiary/aromatic N) is 3. The van der Waals surface area contributed by atoms with Crippen LogP contribution in [0.3, 0.4) is 0 Å². The highest BCUT2D eigenvalue weighted by molar-refractivity contribution is 5.87. The minimum Gasteiger partial charge on any atom is -0.478 e. The van der Waals surface area contributed by atoms with Crippen LogP contribution in [0.25, 0.3) is 11.0 Å². The van der Waals surface area contributed by atoms with Crippen LogP contribution < -0.4 is 0 Å². The van der Waals surface area contributed by atoms with Crippen molar-refractivity contribution in [2.24, 2.45) is 0 Å². The van der Waals surface area contributed by atoms with Crippen molar-refractivity contribution < 1.29 is 9.90 Å². The molecular formula is C20H21N3O2. The van der Waals surface area contributed by atoms with Crippen LogP contribution in [-0.2, 0) is 13.1 Å². The second-order valence-corrected chi connectivity index (χ2v) is 6.59. The molecule has 0 aliphatic carbocycles. The van der Waals surface area contributed by atoms with Gasteiger partial charge in [0.25, 0.3) is 0 Å². The molecule has 1 aromatic heterocycles. The molecule has 1 aliphatic rings. The molecule has 0 atom stereocenters. The SMILES string of the molecule is O=C(O)c1ccc(Cn2c(CN3CCCC3)nc3ccccc32)cc1. The molecule has 0 radical (unpaired) electrons. The van der Waals surface area contributed by atoms with E-state index in [0.717, 1.165) is 42.1 Å². The normalized spacial score (nSPS) is 15.0. The molecule has 0 unspecified atom stereocenters. The number of hydrogen-bond donors (Lipinski definition) is 1. The van der Waals surface area contributed by atoms with Crippen molar-refractivity contribution in [1.29, 1.82) is 0 Å². The van der Waals surface area contributed by atoms with Crippen molar-refractivity contribution in [3.8, 4) is 0 Å². The highest BCUT2D eigenvalue weighted by Gasteiger charge is 2.17. The third kappa shape index (κ3) is 3.28. The van der Waals surface area contributed by atoms with Gasteiger partial charge >= 0.3 is 5.97 Å². The van der Waals surface area contributed by atoms with Crippen LogP contribution in [0, 0.1) is 0 Å². The predicted octanol–water partition coefficient (Wildman–Crippen LogP) is 3.38. The van der Waals surface area contributed by atoms with Crippen molar-refractivity contribution in [3.05, 3.63) is 65.5 Å². The zero-order valence-electron chi connectivity index (χ0n) is 14.1. The van der Waals surface area contributed by atoms with E-state index in [4.69, 9.17) is 10.1 Å². The number of aromatic nitrogens is 2. The molecule has 1 N–H and O–H groups in total. The number of rotatable bonds is 5. The van der Waals surface area contributed by atoms with E-state index in [9.17, 15) is 4.79 Å². The lowest BCUT2D eigenvalue weighted by Crippen LogP contribution is -2.21. The van der Waals surface area contributed by atoms with Gasteiger partial charge in [-0.05, 0) is 55.8 Å². The molecular weight excluding hydrogens is 314 g/mol. The second kappa shape index (κ2) is 6.69. The number of carbonyl (C=O) groups is 1. The molecule has 1 aliphatic heterocycles. The van der Waals surface area contributed by atoms with E-state index in [2.05, 4.69) is 15.5 Å². The Balaban J connectivity index is 1.67. The van der Waals surface area contributed by atoms with Gasteiger partial charge in [0.15, 0.2) is 0 Å². The Labute approximate surface area is 146 Å². The van der Waals surface area contributed by atoms with E-state index in [1.165, 1.54) is 12.8 Å². The first-order valence-corrected chi connectivity index (χ1v) is 8.69. The Morgan fingerprint density at radius 2 is 1.72 bits per heavy atom. The monoisotopic (exact) mass is 335 g/mol. The molecule has 5 heteroatoms. The lowest BCUT2D eigenvalue weighted by atomic mass is 10.1. The number of fused-ring (bicyclic) bond motifs is 1. The molecule has 2 heterocycles. The first-order chi connectivity index (χ1) is 12.2. The fourth-order valence-electron chi connectivity index (χ4n) is 3.50. The molecule has 0 spiro atoms. The van der Waals surface area contributed by atoms with E-state index in [-0.39, 0.29) is 0 Å². The molecule has 1 saturated heterocycles. The van der Waals surface area contributed by atoms with Crippen LogP contribution in [0.15, 0.2) is 48.5 Å². The first kappa shape index (κ1) is 15.8. The minimum atomic E-state index is -0.894. The number of hydrogen-bond acceptors (Lipinski definition) is 3. The molecule has 4 rings (SSSR count). The Morgan fingerprint density at radius 3 is 2.44 bits per heavy atom. The topological polar surface area (TPSA) is 58.4 Å². The third-order valence-corrected chi connectivity index (χ3v) is 4.84. The maximum absolute atomic E-state index is 11.0. The molecule has 0 saturated carbocycles. The molecule has 3 aromatic rings. The van der Waals surface area contributed by atoms with Crippen molar-refractivity contribution in [1.82, 2.24) is 14.5 Å². The molecule has 128 valence electrons. The van der Waals surface area contributed by atoms with Gasteiger partial charge in [0.1, 0.15) is 5.82 Å². The number of carboxylic acids is 1. The summed E-state index contributed by atoms with van der Waals surface area (Å²) in [5.74, 6) is 0.180. The molecule has 0 amide bonds. The Bertz CT molecular complexity index is 893. The molecule has 5 nitrogen and oxygen atoms in total. The van der Waals surface area contributed by atoms with Crippen molar-refractivity contribution in [2.75, 3.05) is 13.1 Å². The van der Waals surface area contributed by atoms with E-state index in [1.807, 2.05) is 30.3 Å². The fraction of sp³-hybridized carbons (Fsp3) is 0.300. The van der Waals surface area contributed by atoms with Gasteiger partial charge in [0.05, 0.1) is 23.1 Å². The summed E-state index contributed by atoms with van der Waals surface area (Å²) in [5.41, 5.74) is 3.53. The number of carboxylic acid groups (broad SMARTS) is 1. The van der Waals surface area contributed by atoms with Gasteiger partial charge in [0.2, 0.25) is 0 Å². The number of likely N-dealkylation sites (tertiary alicyclic amines) is 1. The van der Waals surface area contributed by atoms with E-state index in [0.29, 0.717) is 12.1 Å². The van der Waals surface area contributed by atoms with E-state index >= 15 is 0 Å². The van der Waals surface area contributed by atoms with Gasteiger partial charge < -0.3 is 9.67 Å². The van der Waals surface area contributed by atoms with Crippen LogP contribution in [0.1, 0.15) is 34.6 Å². The minimum absolute atomic E-state index is 0.316. The van der Waals surface area contributed by atoms with Gasteiger partial charge in [-0.25, -0.2) is 9.78 Å². The van der Waals surface area contributed by atoms with Crippen LogP contribution in [-0.4, -0.2) is 38.6 Å².